The minimum atomic E-state index is -1.36. The minimum absolute atomic E-state index is 0.0654. The number of nitro groups is 1. The zero-order valence-electron chi connectivity index (χ0n) is 9.54. The van der Waals surface area contributed by atoms with Crippen LogP contribution < -0.4 is 0 Å². The number of hydrogen-bond donors (Lipinski definition) is 1. The lowest BCUT2D eigenvalue weighted by Gasteiger charge is -2.04. The van der Waals surface area contributed by atoms with Gasteiger partial charge in [0.25, 0.3) is 5.69 Å². The summed E-state index contributed by atoms with van der Waals surface area (Å²) in [6.45, 7) is 0. The highest BCUT2D eigenvalue weighted by atomic mass is 19.1. The van der Waals surface area contributed by atoms with E-state index in [-0.39, 0.29) is 5.69 Å². The first-order valence-electron chi connectivity index (χ1n) is 5.26. The van der Waals surface area contributed by atoms with Crippen LogP contribution in [0.3, 0.4) is 0 Å². The van der Waals surface area contributed by atoms with Crippen LogP contribution in [0.1, 0.15) is 10.4 Å². The molecule has 6 heteroatoms. The van der Waals surface area contributed by atoms with E-state index in [1.54, 1.807) is 0 Å². The Hall–Kier alpha value is -2.76. The number of carboxylic acid groups (broad SMARTS) is 1. The van der Waals surface area contributed by atoms with Crippen LogP contribution in [-0.4, -0.2) is 16.0 Å². The maximum Gasteiger partial charge on any atom is 0.338 e. The zero-order valence-corrected chi connectivity index (χ0v) is 9.54. The van der Waals surface area contributed by atoms with Crippen molar-refractivity contribution in [3.05, 3.63) is 64.0 Å². The minimum Gasteiger partial charge on any atom is -0.478 e. The van der Waals surface area contributed by atoms with E-state index < -0.39 is 22.3 Å². The summed E-state index contributed by atoms with van der Waals surface area (Å²) in [6.07, 6.45) is 0. The lowest BCUT2D eigenvalue weighted by Crippen LogP contribution is -2.00. The van der Waals surface area contributed by atoms with Crippen molar-refractivity contribution in [2.75, 3.05) is 0 Å². The number of non-ortho nitro benzene ring substituents is 1. The number of halogens is 1. The molecule has 5 nitrogen and oxygen atoms in total. The fraction of sp³-hybridized carbons (Fsp3) is 0. The number of carbonyl (C=O) groups is 1. The lowest BCUT2D eigenvalue weighted by atomic mass is 10.0. The summed E-state index contributed by atoms with van der Waals surface area (Å²) in [6, 6.07) is 9.24. The Labute approximate surface area is 107 Å². The summed E-state index contributed by atoms with van der Waals surface area (Å²) in [7, 11) is 0. The second-order valence-electron chi connectivity index (χ2n) is 3.80. The molecule has 0 aliphatic heterocycles. The molecule has 0 aliphatic rings. The molecule has 0 atom stereocenters. The van der Waals surface area contributed by atoms with Crippen molar-refractivity contribution in [2.24, 2.45) is 0 Å². The molecule has 0 aromatic heterocycles. The topological polar surface area (TPSA) is 80.4 Å². The first-order valence-corrected chi connectivity index (χ1v) is 5.26. The van der Waals surface area contributed by atoms with Crippen molar-refractivity contribution in [2.45, 2.75) is 0 Å². The highest BCUT2D eigenvalue weighted by molar-refractivity contribution is 5.89. The number of carboxylic acids is 1. The Morgan fingerprint density at radius 1 is 1.11 bits per heavy atom. The van der Waals surface area contributed by atoms with Crippen LogP contribution in [0, 0.1) is 15.9 Å². The summed E-state index contributed by atoms with van der Waals surface area (Å²) in [5.41, 5.74) is 0.557. The summed E-state index contributed by atoms with van der Waals surface area (Å²) in [4.78, 5) is 20.8. The Kier molecular flexibility index (Phi) is 3.24. The molecule has 1 N–H and O–H groups in total. The molecule has 0 aliphatic carbocycles. The molecule has 0 radical (unpaired) electrons. The van der Waals surface area contributed by atoms with Gasteiger partial charge < -0.3 is 5.11 Å². The predicted molar refractivity (Wildman–Crippen MR) is 65.4 cm³/mol. The maximum atomic E-state index is 13.2. The molecule has 96 valence electrons. The van der Waals surface area contributed by atoms with Gasteiger partial charge in [-0.3, -0.25) is 10.1 Å². The van der Waals surface area contributed by atoms with Gasteiger partial charge in [0.1, 0.15) is 5.82 Å². The lowest BCUT2D eigenvalue weighted by molar-refractivity contribution is -0.384. The fourth-order valence-corrected chi connectivity index (χ4v) is 1.64. The van der Waals surface area contributed by atoms with Gasteiger partial charge in [-0.25, -0.2) is 9.18 Å². The molecule has 0 heterocycles. The Balaban J connectivity index is 2.44. The van der Waals surface area contributed by atoms with E-state index in [2.05, 4.69) is 0 Å². The van der Waals surface area contributed by atoms with Crippen LogP contribution in [0.2, 0.25) is 0 Å². The number of nitro benzene ring substituents is 1. The number of nitrogens with zero attached hydrogens (tertiary/aromatic N) is 1. The molecule has 0 unspecified atom stereocenters. The van der Waals surface area contributed by atoms with Gasteiger partial charge in [0.2, 0.25) is 0 Å². The van der Waals surface area contributed by atoms with Gasteiger partial charge in [-0.1, -0.05) is 6.07 Å². The molecule has 0 spiro atoms. The number of aromatic carboxylic acids is 1. The van der Waals surface area contributed by atoms with Crippen LogP contribution in [0.15, 0.2) is 42.5 Å². The van der Waals surface area contributed by atoms with E-state index in [4.69, 9.17) is 5.11 Å². The van der Waals surface area contributed by atoms with Gasteiger partial charge in [-0.2, -0.15) is 0 Å². The normalized spacial score (nSPS) is 10.2. The van der Waals surface area contributed by atoms with Crippen LogP contribution in [0.5, 0.6) is 0 Å². The van der Waals surface area contributed by atoms with E-state index in [0.29, 0.717) is 11.1 Å². The highest BCUT2D eigenvalue weighted by Gasteiger charge is 2.12. The number of rotatable bonds is 3. The molecular formula is C13H8FNO4. The third kappa shape index (κ3) is 2.57. The molecule has 2 aromatic carbocycles. The largest absolute Gasteiger partial charge is 0.478 e. The summed E-state index contributed by atoms with van der Waals surface area (Å²) in [5.74, 6) is -2.18. The predicted octanol–water partition coefficient (Wildman–Crippen LogP) is 3.10. The van der Waals surface area contributed by atoms with Gasteiger partial charge in [-0.05, 0) is 35.4 Å². The summed E-state index contributed by atoms with van der Waals surface area (Å²) in [5, 5.41) is 19.3. The summed E-state index contributed by atoms with van der Waals surface area (Å²) < 4.78 is 13.2. The van der Waals surface area contributed by atoms with Crippen molar-refractivity contribution < 1.29 is 19.2 Å². The molecule has 0 amide bonds. The van der Waals surface area contributed by atoms with Crippen LogP contribution >= 0.6 is 0 Å². The van der Waals surface area contributed by atoms with Gasteiger partial charge in [0.05, 0.1) is 10.5 Å². The number of benzene rings is 2. The molecule has 0 fully saturated rings. The smallest absolute Gasteiger partial charge is 0.338 e. The first-order chi connectivity index (χ1) is 8.99. The molecule has 19 heavy (non-hydrogen) atoms. The van der Waals surface area contributed by atoms with Crippen molar-refractivity contribution in [1.29, 1.82) is 0 Å². The zero-order chi connectivity index (χ0) is 14.0. The summed E-state index contributed by atoms with van der Waals surface area (Å²) >= 11 is 0. The molecule has 0 bridgehead atoms. The standard InChI is InChI=1S/C13H8FNO4/c14-12-6-3-9(7-11(12)13(16)17)8-1-4-10(5-2-8)15(18)19/h1-7H,(H,16,17). The molecular weight excluding hydrogens is 253 g/mol. The highest BCUT2D eigenvalue weighted by Crippen LogP contribution is 2.24. The van der Waals surface area contributed by atoms with E-state index in [0.717, 1.165) is 6.07 Å². The van der Waals surface area contributed by atoms with Gasteiger partial charge >= 0.3 is 5.97 Å². The van der Waals surface area contributed by atoms with Gasteiger partial charge in [-0.15, -0.1) is 0 Å². The Morgan fingerprint density at radius 2 is 1.68 bits per heavy atom. The van der Waals surface area contributed by atoms with E-state index in [1.807, 2.05) is 0 Å². The fourth-order valence-electron chi connectivity index (χ4n) is 1.64. The van der Waals surface area contributed by atoms with Crippen molar-refractivity contribution in [3.63, 3.8) is 0 Å². The quantitative estimate of drug-likeness (QED) is 0.680. The third-order valence-corrected chi connectivity index (χ3v) is 2.61. The molecule has 2 aromatic rings. The molecule has 0 saturated heterocycles. The van der Waals surface area contributed by atoms with Gasteiger partial charge in [0.15, 0.2) is 0 Å². The molecule has 0 saturated carbocycles. The van der Waals surface area contributed by atoms with Crippen LogP contribution in [-0.2, 0) is 0 Å². The van der Waals surface area contributed by atoms with Crippen molar-refractivity contribution in [1.82, 2.24) is 0 Å². The third-order valence-electron chi connectivity index (χ3n) is 2.61. The average molecular weight is 261 g/mol. The van der Waals surface area contributed by atoms with Crippen molar-refractivity contribution in [3.8, 4) is 11.1 Å². The van der Waals surface area contributed by atoms with Crippen LogP contribution in [0.25, 0.3) is 11.1 Å². The second kappa shape index (κ2) is 4.85. The molecule has 2 rings (SSSR count). The van der Waals surface area contributed by atoms with E-state index in [1.165, 1.54) is 36.4 Å². The SMILES string of the molecule is O=C(O)c1cc(-c2ccc([N+](=O)[O-])cc2)ccc1F. The number of hydrogen-bond acceptors (Lipinski definition) is 3. The van der Waals surface area contributed by atoms with E-state index in [9.17, 15) is 19.3 Å². The first kappa shape index (κ1) is 12.7. The maximum absolute atomic E-state index is 13.2. The average Bonchev–Trinajstić information content (AvgIpc) is 2.39. The van der Waals surface area contributed by atoms with Crippen LogP contribution in [0.4, 0.5) is 10.1 Å². The monoisotopic (exact) mass is 261 g/mol. The van der Waals surface area contributed by atoms with Crippen molar-refractivity contribution >= 4 is 11.7 Å². The van der Waals surface area contributed by atoms with E-state index >= 15 is 0 Å². The second-order valence-corrected chi connectivity index (χ2v) is 3.80. The Morgan fingerprint density at radius 3 is 2.21 bits per heavy atom. The van der Waals surface area contributed by atoms with Gasteiger partial charge in [0, 0.05) is 12.1 Å². The Bertz CT molecular complexity index is 652.